The average molecular weight is 527 g/mol. The summed E-state index contributed by atoms with van der Waals surface area (Å²) in [5.74, 6) is 5.99. The molecule has 2 aromatic heterocycles. The van der Waals surface area contributed by atoms with Gasteiger partial charge in [0, 0.05) is 38.0 Å². The van der Waals surface area contributed by atoms with E-state index in [1.165, 1.54) is 11.5 Å². The number of fused-ring (bicyclic) bond motifs is 1. The molecule has 1 saturated heterocycles. The van der Waals surface area contributed by atoms with E-state index >= 15 is 0 Å². The number of alkyl halides is 1. The standard InChI is InChI=1S/C27H29F3N6O2/c1-31-27(37)17-8-9-21(24(14-17)38-3)32-11-4-6-20-23(15-25(29)30)36-12-5-7-22(26(36)34-20)33-19-10-13-35(2)16-18(19)28/h5,7-9,12,14-15,18-19,32-33H,10-11,13,16H2,1-3H3,(H,31,37)/t18-,19+/m0/s1. The van der Waals surface area contributed by atoms with Crippen LogP contribution in [0.2, 0.25) is 0 Å². The zero-order valence-corrected chi connectivity index (χ0v) is 21.3. The van der Waals surface area contributed by atoms with Crippen molar-refractivity contribution in [3.8, 4) is 17.6 Å². The van der Waals surface area contributed by atoms with Crippen LogP contribution in [0, 0.1) is 11.8 Å². The van der Waals surface area contributed by atoms with E-state index in [1.807, 2.05) is 11.9 Å². The van der Waals surface area contributed by atoms with Gasteiger partial charge in [0.25, 0.3) is 12.0 Å². The number of hydrogen-bond donors (Lipinski definition) is 3. The van der Waals surface area contributed by atoms with E-state index in [4.69, 9.17) is 4.74 Å². The molecule has 11 heteroatoms. The molecule has 8 nitrogen and oxygen atoms in total. The molecule has 4 rings (SSSR count). The summed E-state index contributed by atoms with van der Waals surface area (Å²) < 4.78 is 48.1. The molecule has 200 valence electrons. The van der Waals surface area contributed by atoms with Crippen molar-refractivity contribution < 1.29 is 22.7 Å². The molecule has 0 aliphatic carbocycles. The maximum atomic E-state index is 14.6. The van der Waals surface area contributed by atoms with Gasteiger partial charge < -0.3 is 25.6 Å². The second kappa shape index (κ2) is 11.9. The highest BCUT2D eigenvalue weighted by molar-refractivity contribution is 5.95. The number of aromatic nitrogens is 2. The van der Waals surface area contributed by atoms with Crippen molar-refractivity contribution in [1.29, 1.82) is 0 Å². The lowest BCUT2D eigenvalue weighted by Gasteiger charge is -2.33. The van der Waals surface area contributed by atoms with Crippen molar-refractivity contribution in [2.24, 2.45) is 0 Å². The van der Waals surface area contributed by atoms with Crippen LogP contribution in [0.25, 0.3) is 11.7 Å². The van der Waals surface area contributed by atoms with Crippen LogP contribution in [0.3, 0.4) is 0 Å². The van der Waals surface area contributed by atoms with Gasteiger partial charge in [-0.25, -0.2) is 9.37 Å². The normalized spacial score (nSPS) is 17.3. The molecular weight excluding hydrogens is 497 g/mol. The van der Waals surface area contributed by atoms with Crippen LogP contribution in [0.5, 0.6) is 5.75 Å². The Morgan fingerprint density at radius 3 is 2.82 bits per heavy atom. The van der Waals surface area contributed by atoms with E-state index in [-0.39, 0.29) is 23.8 Å². The molecule has 1 fully saturated rings. The van der Waals surface area contributed by atoms with Crippen LogP contribution in [0.1, 0.15) is 28.2 Å². The first-order valence-corrected chi connectivity index (χ1v) is 12.1. The number of carbonyl (C=O) groups is 1. The van der Waals surface area contributed by atoms with Gasteiger partial charge in [-0.3, -0.25) is 9.20 Å². The summed E-state index contributed by atoms with van der Waals surface area (Å²) in [6, 6.07) is 7.98. The molecule has 0 saturated carbocycles. The van der Waals surface area contributed by atoms with Crippen molar-refractivity contribution in [3.05, 3.63) is 59.6 Å². The average Bonchev–Trinajstić information content (AvgIpc) is 3.25. The number of likely N-dealkylation sites (tertiary alicyclic amines) is 1. The molecular formula is C27H29F3N6O2. The van der Waals surface area contributed by atoms with Crippen molar-refractivity contribution in [2.45, 2.75) is 18.6 Å². The molecule has 3 N–H and O–H groups in total. The van der Waals surface area contributed by atoms with Crippen molar-refractivity contribution in [1.82, 2.24) is 19.6 Å². The van der Waals surface area contributed by atoms with E-state index < -0.39 is 18.3 Å². The number of nitrogens with zero attached hydrogens (tertiary/aromatic N) is 3. The molecule has 1 aromatic carbocycles. The number of halogens is 3. The number of pyridine rings is 1. The van der Waals surface area contributed by atoms with Crippen LogP contribution in [-0.2, 0) is 0 Å². The van der Waals surface area contributed by atoms with Gasteiger partial charge in [-0.05, 0) is 49.7 Å². The smallest absolute Gasteiger partial charge is 0.272 e. The monoisotopic (exact) mass is 526 g/mol. The lowest BCUT2D eigenvalue weighted by Crippen LogP contribution is -2.46. The number of benzene rings is 1. The summed E-state index contributed by atoms with van der Waals surface area (Å²) in [6.07, 6.45) is -0.00989. The molecule has 0 radical (unpaired) electrons. The highest BCUT2D eigenvalue weighted by atomic mass is 19.3. The van der Waals surface area contributed by atoms with Gasteiger partial charge in [-0.2, -0.15) is 8.78 Å². The fraction of sp³-hybridized carbons (Fsp3) is 0.333. The molecule has 0 bridgehead atoms. The summed E-state index contributed by atoms with van der Waals surface area (Å²) >= 11 is 0. The van der Waals surface area contributed by atoms with Crippen LogP contribution < -0.4 is 20.7 Å². The minimum absolute atomic E-state index is 0.129. The van der Waals surface area contributed by atoms with Crippen molar-refractivity contribution in [3.63, 3.8) is 0 Å². The van der Waals surface area contributed by atoms with Crippen molar-refractivity contribution >= 4 is 29.0 Å². The summed E-state index contributed by atoms with van der Waals surface area (Å²) in [4.78, 5) is 18.3. The Balaban J connectivity index is 1.58. The fourth-order valence-corrected chi connectivity index (χ4v) is 4.34. The number of anilines is 2. The van der Waals surface area contributed by atoms with Gasteiger partial charge in [-0.1, -0.05) is 5.92 Å². The van der Waals surface area contributed by atoms with Crippen LogP contribution in [0.15, 0.2) is 42.6 Å². The Hall–Kier alpha value is -4.17. The predicted molar refractivity (Wildman–Crippen MR) is 142 cm³/mol. The fourth-order valence-electron chi connectivity index (χ4n) is 4.34. The van der Waals surface area contributed by atoms with Crippen LogP contribution >= 0.6 is 0 Å². The zero-order chi connectivity index (χ0) is 27.2. The minimum Gasteiger partial charge on any atom is -0.495 e. The zero-order valence-electron chi connectivity index (χ0n) is 21.3. The molecule has 1 amide bonds. The first kappa shape index (κ1) is 26.9. The molecule has 1 aliphatic rings. The number of amides is 1. The quantitative estimate of drug-likeness (QED) is 0.406. The third-order valence-corrected chi connectivity index (χ3v) is 6.28. The number of carbonyl (C=O) groups excluding carboxylic acids is 1. The van der Waals surface area contributed by atoms with Gasteiger partial charge >= 0.3 is 0 Å². The van der Waals surface area contributed by atoms with Crippen molar-refractivity contribution in [2.75, 3.05) is 51.5 Å². The van der Waals surface area contributed by atoms with E-state index in [0.717, 1.165) is 12.6 Å². The van der Waals surface area contributed by atoms with E-state index in [0.29, 0.717) is 41.3 Å². The molecule has 2 atom stereocenters. The molecule has 38 heavy (non-hydrogen) atoms. The summed E-state index contributed by atoms with van der Waals surface area (Å²) in [7, 11) is 4.90. The van der Waals surface area contributed by atoms with Gasteiger partial charge in [-0.15, -0.1) is 0 Å². The number of rotatable bonds is 7. The number of piperidine rings is 1. The Bertz CT molecular complexity index is 1410. The Kier molecular flexibility index (Phi) is 8.43. The highest BCUT2D eigenvalue weighted by Gasteiger charge is 2.28. The molecule has 1 aliphatic heterocycles. The largest absolute Gasteiger partial charge is 0.495 e. The number of ether oxygens (including phenoxy) is 1. The number of nitrogens with one attached hydrogen (secondary N) is 3. The lowest BCUT2D eigenvalue weighted by atomic mass is 10.0. The van der Waals surface area contributed by atoms with Gasteiger partial charge in [0.1, 0.15) is 17.6 Å². The highest BCUT2D eigenvalue weighted by Crippen LogP contribution is 2.27. The molecule has 3 aromatic rings. The molecule has 0 spiro atoms. The van der Waals surface area contributed by atoms with E-state index in [1.54, 1.807) is 43.6 Å². The second-order valence-electron chi connectivity index (χ2n) is 8.86. The predicted octanol–water partition coefficient (Wildman–Crippen LogP) is 3.86. The third-order valence-electron chi connectivity index (χ3n) is 6.28. The maximum absolute atomic E-state index is 14.6. The Labute approximate surface area is 218 Å². The van der Waals surface area contributed by atoms with Crippen LogP contribution in [-0.4, -0.2) is 73.2 Å². The van der Waals surface area contributed by atoms with E-state index in [2.05, 4.69) is 32.8 Å². The first-order chi connectivity index (χ1) is 18.3. The molecule has 0 unspecified atom stereocenters. The Morgan fingerprint density at radius 1 is 1.29 bits per heavy atom. The minimum atomic E-state index is -1.88. The third kappa shape index (κ3) is 6.03. The first-order valence-electron chi connectivity index (χ1n) is 12.1. The Morgan fingerprint density at radius 2 is 2.11 bits per heavy atom. The van der Waals surface area contributed by atoms with Gasteiger partial charge in [0.2, 0.25) is 0 Å². The topological polar surface area (TPSA) is 82.9 Å². The van der Waals surface area contributed by atoms with Gasteiger partial charge in [0.05, 0.1) is 36.8 Å². The number of imidazole rings is 1. The lowest BCUT2D eigenvalue weighted by molar-refractivity contribution is 0.0962. The van der Waals surface area contributed by atoms with Crippen LogP contribution in [0.4, 0.5) is 24.5 Å². The summed E-state index contributed by atoms with van der Waals surface area (Å²) in [5.41, 5.74) is 2.28. The molecule has 3 heterocycles. The summed E-state index contributed by atoms with van der Waals surface area (Å²) in [6.45, 7) is 1.23. The number of methoxy groups -OCH3 is 1. The van der Waals surface area contributed by atoms with Gasteiger partial charge in [0.15, 0.2) is 5.65 Å². The summed E-state index contributed by atoms with van der Waals surface area (Å²) in [5, 5.41) is 8.86. The number of hydrogen-bond acceptors (Lipinski definition) is 6. The maximum Gasteiger partial charge on any atom is 0.272 e. The van der Waals surface area contributed by atoms with E-state index in [9.17, 15) is 18.0 Å². The second-order valence-corrected chi connectivity index (χ2v) is 8.86. The SMILES string of the molecule is CNC(=O)c1ccc(NCC#Cc2nc3c(N[C@@H]4CCN(C)C[C@@H]4F)cccn3c2C=C(F)F)c(OC)c1.